The van der Waals surface area contributed by atoms with Crippen LogP contribution >= 0.6 is 0 Å². The molecule has 160 valence electrons. The van der Waals surface area contributed by atoms with E-state index in [-0.39, 0.29) is 17.6 Å². The first kappa shape index (κ1) is 21.0. The van der Waals surface area contributed by atoms with Crippen LogP contribution in [0.15, 0.2) is 73.1 Å². The van der Waals surface area contributed by atoms with Crippen molar-refractivity contribution in [3.8, 4) is 5.69 Å². The fourth-order valence-electron chi connectivity index (χ4n) is 4.03. The van der Waals surface area contributed by atoms with Crippen molar-refractivity contribution in [1.82, 2.24) is 19.6 Å². The lowest BCUT2D eigenvalue weighted by Gasteiger charge is -2.31. The molecule has 1 aromatic heterocycles. The van der Waals surface area contributed by atoms with Crippen LogP contribution in [-0.2, 0) is 11.3 Å². The number of hydrogen-bond donors (Lipinski definition) is 0. The van der Waals surface area contributed by atoms with Gasteiger partial charge in [-0.3, -0.25) is 14.5 Å². The molecule has 0 radical (unpaired) electrons. The van der Waals surface area contributed by atoms with Crippen LogP contribution in [0.25, 0.3) is 5.69 Å². The third-order valence-corrected chi connectivity index (χ3v) is 5.88. The number of para-hydroxylation sites is 1. The van der Waals surface area contributed by atoms with Crippen molar-refractivity contribution < 1.29 is 9.59 Å². The van der Waals surface area contributed by atoms with Gasteiger partial charge < -0.3 is 4.90 Å². The molecule has 0 unspecified atom stereocenters. The predicted octanol–water partition coefficient (Wildman–Crippen LogP) is 3.43. The van der Waals surface area contributed by atoms with Gasteiger partial charge in [-0.2, -0.15) is 5.10 Å². The Morgan fingerprint density at radius 2 is 1.65 bits per heavy atom. The van der Waals surface area contributed by atoms with Crippen LogP contribution in [0.5, 0.6) is 0 Å². The minimum absolute atomic E-state index is 0.0512. The fraction of sp³-hybridized carbons (Fsp3) is 0.320. The van der Waals surface area contributed by atoms with E-state index in [0.717, 1.165) is 42.7 Å². The SMILES string of the molecule is CN(Cc1cnn(-c2ccccc2)c1)C(=O)CN1CCC(C(=O)c2ccccc2)CC1. The number of hydrogen-bond acceptors (Lipinski definition) is 4. The van der Waals surface area contributed by atoms with Crippen LogP contribution in [0.1, 0.15) is 28.8 Å². The summed E-state index contributed by atoms with van der Waals surface area (Å²) in [5, 5.41) is 4.40. The second-order valence-corrected chi connectivity index (χ2v) is 8.16. The quantitative estimate of drug-likeness (QED) is 0.554. The summed E-state index contributed by atoms with van der Waals surface area (Å²) < 4.78 is 1.82. The number of piperidine rings is 1. The highest BCUT2D eigenvalue weighted by Crippen LogP contribution is 2.22. The third kappa shape index (κ3) is 5.27. The van der Waals surface area contributed by atoms with E-state index in [2.05, 4.69) is 10.00 Å². The molecule has 6 nitrogen and oxygen atoms in total. The maximum atomic E-state index is 12.7. The molecule has 1 aliphatic rings. The summed E-state index contributed by atoms with van der Waals surface area (Å²) in [7, 11) is 1.83. The Bertz CT molecular complexity index is 1010. The molecule has 4 rings (SSSR count). The highest BCUT2D eigenvalue weighted by molar-refractivity contribution is 5.97. The molecule has 31 heavy (non-hydrogen) atoms. The van der Waals surface area contributed by atoms with Gasteiger partial charge in [0.2, 0.25) is 5.91 Å². The van der Waals surface area contributed by atoms with Crippen LogP contribution in [0.4, 0.5) is 0 Å². The largest absolute Gasteiger partial charge is 0.340 e. The maximum Gasteiger partial charge on any atom is 0.236 e. The second kappa shape index (κ2) is 9.71. The number of likely N-dealkylation sites (tertiary alicyclic amines) is 1. The average Bonchev–Trinajstić information content (AvgIpc) is 3.29. The Labute approximate surface area is 183 Å². The van der Waals surface area contributed by atoms with Crippen LogP contribution in [0.2, 0.25) is 0 Å². The van der Waals surface area contributed by atoms with Gasteiger partial charge in [0.25, 0.3) is 0 Å². The molecule has 0 N–H and O–H groups in total. The monoisotopic (exact) mass is 416 g/mol. The van der Waals surface area contributed by atoms with Gasteiger partial charge in [-0.15, -0.1) is 0 Å². The zero-order chi connectivity index (χ0) is 21.6. The first-order valence-electron chi connectivity index (χ1n) is 10.7. The van der Waals surface area contributed by atoms with Crippen molar-refractivity contribution in [2.45, 2.75) is 19.4 Å². The summed E-state index contributed by atoms with van der Waals surface area (Å²) in [5.74, 6) is 0.356. The third-order valence-electron chi connectivity index (χ3n) is 5.88. The van der Waals surface area contributed by atoms with Gasteiger partial charge in [-0.1, -0.05) is 48.5 Å². The summed E-state index contributed by atoms with van der Waals surface area (Å²) in [4.78, 5) is 29.3. The standard InChI is InChI=1S/C25H28N4O2/c1-27(17-20-16-26-29(18-20)23-10-6-3-7-11-23)24(30)19-28-14-12-22(13-15-28)25(31)21-8-4-2-5-9-21/h2-11,16,18,22H,12-15,17,19H2,1H3. The number of rotatable bonds is 7. The summed E-state index contributed by atoms with van der Waals surface area (Å²) >= 11 is 0. The average molecular weight is 417 g/mol. The van der Waals surface area contributed by atoms with Gasteiger partial charge in [-0.25, -0.2) is 4.68 Å². The predicted molar refractivity (Wildman–Crippen MR) is 120 cm³/mol. The Kier molecular flexibility index (Phi) is 6.57. The normalized spacial score (nSPS) is 15.0. The fourth-order valence-corrected chi connectivity index (χ4v) is 4.03. The van der Waals surface area contributed by atoms with E-state index in [9.17, 15) is 9.59 Å². The lowest BCUT2D eigenvalue weighted by molar-refractivity contribution is -0.131. The van der Waals surface area contributed by atoms with Gasteiger partial charge in [0.1, 0.15) is 0 Å². The number of aromatic nitrogens is 2. The van der Waals surface area contributed by atoms with Crippen molar-refractivity contribution in [3.05, 3.63) is 84.2 Å². The van der Waals surface area contributed by atoms with E-state index < -0.39 is 0 Å². The number of benzene rings is 2. The summed E-state index contributed by atoms with van der Waals surface area (Å²) in [5.41, 5.74) is 2.77. The van der Waals surface area contributed by atoms with E-state index >= 15 is 0 Å². The molecular formula is C25H28N4O2. The van der Waals surface area contributed by atoms with Gasteiger partial charge in [0, 0.05) is 36.8 Å². The number of amides is 1. The number of likely N-dealkylation sites (N-methyl/N-ethyl adjacent to an activating group) is 1. The van der Waals surface area contributed by atoms with Gasteiger partial charge >= 0.3 is 0 Å². The molecule has 1 amide bonds. The van der Waals surface area contributed by atoms with Crippen molar-refractivity contribution in [2.24, 2.45) is 5.92 Å². The van der Waals surface area contributed by atoms with Crippen molar-refractivity contribution >= 4 is 11.7 Å². The Morgan fingerprint density at radius 3 is 2.32 bits per heavy atom. The molecule has 2 aromatic carbocycles. The number of carbonyl (C=O) groups excluding carboxylic acids is 2. The molecular weight excluding hydrogens is 388 g/mol. The van der Waals surface area contributed by atoms with Crippen LogP contribution < -0.4 is 0 Å². The minimum Gasteiger partial charge on any atom is -0.340 e. The zero-order valence-electron chi connectivity index (χ0n) is 17.9. The first-order valence-corrected chi connectivity index (χ1v) is 10.7. The molecule has 1 fully saturated rings. The molecule has 2 heterocycles. The molecule has 6 heteroatoms. The topological polar surface area (TPSA) is 58.4 Å². The molecule has 0 spiro atoms. The van der Waals surface area contributed by atoms with Crippen molar-refractivity contribution in [2.75, 3.05) is 26.7 Å². The maximum absolute atomic E-state index is 12.7. The number of Topliss-reactive ketones (excluding diaryl/α,β-unsaturated/α-hetero) is 1. The zero-order valence-corrected chi connectivity index (χ0v) is 17.9. The number of carbonyl (C=O) groups is 2. The van der Waals surface area contributed by atoms with E-state index in [0.29, 0.717) is 13.1 Å². The molecule has 0 aliphatic carbocycles. The minimum atomic E-state index is 0.0512. The molecule has 0 atom stereocenters. The Balaban J connectivity index is 1.25. The molecule has 0 bridgehead atoms. The van der Waals surface area contributed by atoms with Gasteiger partial charge in [0.15, 0.2) is 5.78 Å². The van der Waals surface area contributed by atoms with E-state index in [1.165, 1.54) is 0 Å². The van der Waals surface area contributed by atoms with Crippen LogP contribution in [0, 0.1) is 5.92 Å². The summed E-state index contributed by atoms with van der Waals surface area (Å²) in [6.07, 6.45) is 5.36. The van der Waals surface area contributed by atoms with Crippen molar-refractivity contribution in [3.63, 3.8) is 0 Å². The van der Waals surface area contributed by atoms with E-state index in [1.54, 1.807) is 11.1 Å². The highest BCUT2D eigenvalue weighted by Gasteiger charge is 2.27. The molecule has 1 aliphatic heterocycles. The van der Waals surface area contributed by atoms with Crippen LogP contribution in [0.3, 0.4) is 0 Å². The first-order chi connectivity index (χ1) is 15.1. The lowest BCUT2D eigenvalue weighted by atomic mass is 9.89. The molecule has 1 saturated heterocycles. The number of nitrogens with zero attached hydrogens (tertiary/aromatic N) is 4. The van der Waals surface area contributed by atoms with Gasteiger partial charge in [0.05, 0.1) is 18.4 Å². The highest BCUT2D eigenvalue weighted by atomic mass is 16.2. The Hall–Kier alpha value is -3.25. The molecule has 0 saturated carbocycles. The summed E-state index contributed by atoms with van der Waals surface area (Å²) in [6.45, 7) is 2.45. The Morgan fingerprint density at radius 1 is 1.00 bits per heavy atom. The van der Waals surface area contributed by atoms with Gasteiger partial charge in [-0.05, 0) is 38.1 Å². The smallest absolute Gasteiger partial charge is 0.236 e. The van der Waals surface area contributed by atoms with E-state index in [4.69, 9.17) is 0 Å². The molecule has 3 aromatic rings. The lowest BCUT2D eigenvalue weighted by Crippen LogP contribution is -2.43. The van der Waals surface area contributed by atoms with Crippen molar-refractivity contribution in [1.29, 1.82) is 0 Å². The second-order valence-electron chi connectivity index (χ2n) is 8.16. The van der Waals surface area contributed by atoms with E-state index in [1.807, 2.05) is 78.6 Å². The number of ketones is 1. The van der Waals surface area contributed by atoms with Crippen LogP contribution in [-0.4, -0.2) is 58.0 Å². The summed E-state index contributed by atoms with van der Waals surface area (Å²) in [6, 6.07) is 19.4.